The van der Waals surface area contributed by atoms with E-state index < -0.39 is 10.0 Å². The highest BCUT2D eigenvalue weighted by Crippen LogP contribution is 2.26. The van der Waals surface area contributed by atoms with E-state index in [4.69, 9.17) is 4.74 Å². The van der Waals surface area contributed by atoms with Gasteiger partial charge in [-0.05, 0) is 61.7 Å². The number of aromatic nitrogens is 1. The van der Waals surface area contributed by atoms with Crippen LogP contribution >= 0.6 is 0 Å². The van der Waals surface area contributed by atoms with E-state index in [2.05, 4.69) is 5.32 Å². The van der Waals surface area contributed by atoms with Crippen molar-refractivity contribution in [3.8, 4) is 5.75 Å². The quantitative estimate of drug-likeness (QED) is 0.593. The zero-order valence-corrected chi connectivity index (χ0v) is 19.3. The van der Waals surface area contributed by atoms with Gasteiger partial charge in [0, 0.05) is 43.8 Å². The molecule has 0 bridgehead atoms. The number of benzene rings is 2. The lowest BCUT2D eigenvalue weighted by Crippen LogP contribution is -2.45. The van der Waals surface area contributed by atoms with E-state index in [9.17, 15) is 13.2 Å². The van der Waals surface area contributed by atoms with E-state index in [1.54, 1.807) is 12.1 Å². The molecule has 1 saturated heterocycles. The van der Waals surface area contributed by atoms with Crippen LogP contribution in [0.25, 0.3) is 10.9 Å². The number of piperidine rings is 1. The molecule has 8 heteroatoms. The summed E-state index contributed by atoms with van der Waals surface area (Å²) in [4.78, 5) is 13.0. The minimum atomic E-state index is -3.66. The molecule has 0 spiro atoms. The fraction of sp³-hybridized carbons (Fsp3) is 0.375. The lowest BCUT2D eigenvalue weighted by molar-refractivity contribution is -0.126. The van der Waals surface area contributed by atoms with Gasteiger partial charge in [-0.15, -0.1) is 0 Å². The topological polar surface area (TPSA) is 80.6 Å². The van der Waals surface area contributed by atoms with Gasteiger partial charge in [0.05, 0.1) is 17.4 Å². The Labute approximate surface area is 189 Å². The van der Waals surface area contributed by atoms with Gasteiger partial charge in [-0.25, -0.2) is 8.42 Å². The molecule has 2 aromatic carbocycles. The molecule has 1 aliphatic heterocycles. The van der Waals surface area contributed by atoms with Crippen molar-refractivity contribution in [1.82, 2.24) is 14.2 Å². The van der Waals surface area contributed by atoms with Gasteiger partial charge < -0.3 is 14.6 Å². The second kappa shape index (κ2) is 9.34. The normalized spacial score (nSPS) is 17.4. The minimum absolute atomic E-state index is 0.114. The van der Waals surface area contributed by atoms with Gasteiger partial charge in [-0.3, -0.25) is 4.79 Å². The summed E-state index contributed by atoms with van der Waals surface area (Å²) in [5, 5.41) is 3.84. The Balaban J connectivity index is 1.40. The lowest BCUT2D eigenvalue weighted by atomic mass is 9.99. The third-order valence-electron chi connectivity index (χ3n) is 5.95. The van der Waals surface area contributed by atoms with Crippen molar-refractivity contribution in [3.63, 3.8) is 0 Å². The number of amides is 1. The molecule has 32 heavy (non-hydrogen) atoms. The van der Waals surface area contributed by atoms with Crippen LogP contribution in [0.2, 0.25) is 0 Å². The Morgan fingerprint density at radius 3 is 2.69 bits per heavy atom. The van der Waals surface area contributed by atoms with E-state index in [0.717, 1.165) is 22.2 Å². The molecule has 7 nitrogen and oxygen atoms in total. The van der Waals surface area contributed by atoms with E-state index in [1.165, 1.54) is 4.31 Å². The van der Waals surface area contributed by atoms with Crippen molar-refractivity contribution in [2.75, 3.05) is 19.7 Å². The van der Waals surface area contributed by atoms with E-state index in [0.29, 0.717) is 32.5 Å². The molecule has 1 aliphatic rings. The number of hydrogen-bond acceptors (Lipinski definition) is 4. The number of carbonyl (C=O) groups excluding carboxylic acids is 1. The predicted molar refractivity (Wildman–Crippen MR) is 124 cm³/mol. The summed E-state index contributed by atoms with van der Waals surface area (Å²) in [6.45, 7) is 3.57. The summed E-state index contributed by atoms with van der Waals surface area (Å²) in [5.41, 5.74) is 1.95. The van der Waals surface area contributed by atoms with Gasteiger partial charge in [-0.1, -0.05) is 12.1 Å². The van der Waals surface area contributed by atoms with Gasteiger partial charge in [0.15, 0.2) is 0 Å². The number of fused-ring (bicyclic) bond motifs is 1. The third-order valence-corrected chi connectivity index (χ3v) is 7.81. The van der Waals surface area contributed by atoms with Gasteiger partial charge in [-0.2, -0.15) is 4.31 Å². The number of carbonyl (C=O) groups is 1. The van der Waals surface area contributed by atoms with Crippen molar-refractivity contribution in [2.45, 2.75) is 31.2 Å². The first kappa shape index (κ1) is 22.4. The lowest BCUT2D eigenvalue weighted by Gasteiger charge is -2.31. The van der Waals surface area contributed by atoms with Crippen LogP contribution in [0.15, 0.2) is 59.6 Å². The summed E-state index contributed by atoms with van der Waals surface area (Å²) in [6, 6.07) is 14.7. The average Bonchev–Trinajstić information content (AvgIpc) is 3.19. The van der Waals surface area contributed by atoms with Crippen molar-refractivity contribution in [2.24, 2.45) is 13.0 Å². The molecule has 2 heterocycles. The molecular weight excluding hydrogens is 426 g/mol. The molecule has 1 fully saturated rings. The molecule has 0 unspecified atom stereocenters. The van der Waals surface area contributed by atoms with Crippen LogP contribution in [0, 0.1) is 5.92 Å². The van der Waals surface area contributed by atoms with E-state index in [-0.39, 0.29) is 23.3 Å². The Morgan fingerprint density at radius 2 is 1.94 bits per heavy atom. The van der Waals surface area contributed by atoms with Crippen molar-refractivity contribution in [3.05, 3.63) is 60.3 Å². The van der Waals surface area contributed by atoms with Crippen molar-refractivity contribution >= 4 is 26.8 Å². The Kier molecular flexibility index (Phi) is 6.53. The molecular formula is C24H29N3O4S. The monoisotopic (exact) mass is 455 g/mol. The Bertz CT molecular complexity index is 1200. The van der Waals surface area contributed by atoms with Crippen molar-refractivity contribution < 1.29 is 17.9 Å². The highest BCUT2D eigenvalue weighted by molar-refractivity contribution is 7.89. The van der Waals surface area contributed by atoms with Crippen LogP contribution < -0.4 is 10.1 Å². The molecule has 0 aliphatic carbocycles. The number of hydrogen-bond donors (Lipinski definition) is 1. The molecule has 4 rings (SSSR count). The number of sulfonamides is 1. The Hall–Kier alpha value is -2.84. The number of ether oxygens (including phenoxy) is 1. The first-order valence-corrected chi connectivity index (χ1v) is 12.4. The van der Waals surface area contributed by atoms with E-state index >= 15 is 0 Å². The predicted octanol–water partition coefficient (Wildman–Crippen LogP) is 3.29. The zero-order valence-electron chi connectivity index (χ0n) is 18.5. The molecule has 1 atom stereocenters. The highest BCUT2D eigenvalue weighted by Gasteiger charge is 2.33. The van der Waals surface area contributed by atoms with Crippen molar-refractivity contribution in [1.29, 1.82) is 0 Å². The number of nitrogens with zero attached hydrogens (tertiary/aromatic N) is 2. The van der Waals surface area contributed by atoms with Crippen LogP contribution in [-0.2, 0) is 28.4 Å². The van der Waals surface area contributed by atoms with Gasteiger partial charge in [0.1, 0.15) is 5.75 Å². The van der Waals surface area contributed by atoms with Gasteiger partial charge in [0.2, 0.25) is 15.9 Å². The van der Waals surface area contributed by atoms with Crippen LogP contribution in [0.4, 0.5) is 0 Å². The molecule has 1 N–H and O–H groups in total. The number of aryl methyl sites for hydroxylation is 1. The molecule has 1 aromatic heterocycles. The largest absolute Gasteiger partial charge is 0.494 e. The average molecular weight is 456 g/mol. The number of rotatable bonds is 7. The smallest absolute Gasteiger partial charge is 0.243 e. The van der Waals surface area contributed by atoms with Crippen LogP contribution in [0.1, 0.15) is 25.3 Å². The standard InChI is InChI=1S/C24H29N3O4S/c1-3-31-21-8-6-18(7-9-21)16-25-24(28)20-5-4-13-27(17-20)32(29,30)22-10-11-23-19(15-22)12-14-26(23)2/h6-12,14-15,20H,3-5,13,16-17H2,1-2H3,(H,25,28)/t20-/m1/s1. The van der Waals surface area contributed by atoms with Crippen LogP contribution in [0.3, 0.4) is 0 Å². The zero-order chi connectivity index (χ0) is 22.7. The molecule has 170 valence electrons. The molecule has 3 aromatic rings. The summed E-state index contributed by atoms with van der Waals surface area (Å²) in [5.74, 6) is 0.323. The highest BCUT2D eigenvalue weighted by atomic mass is 32.2. The Morgan fingerprint density at radius 1 is 1.16 bits per heavy atom. The summed E-state index contributed by atoms with van der Waals surface area (Å²) >= 11 is 0. The number of nitrogens with one attached hydrogen (secondary N) is 1. The third kappa shape index (κ3) is 4.66. The van der Waals surface area contributed by atoms with E-state index in [1.807, 2.05) is 61.1 Å². The fourth-order valence-electron chi connectivity index (χ4n) is 4.15. The summed E-state index contributed by atoms with van der Waals surface area (Å²) < 4.78 is 35.3. The minimum Gasteiger partial charge on any atom is -0.494 e. The maximum Gasteiger partial charge on any atom is 0.243 e. The second-order valence-corrected chi connectivity index (χ2v) is 10.1. The first-order valence-electron chi connectivity index (χ1n) is 10.9. The molecule has 0 radical (unpaired) electrons. The SMILES string of the molecule is CCOc1ccc(CNC(=O)[C@@H]2CCCN(S(=O)(=O)c3ccc4c(ccn4C)c3)C2)cc1. The molecule has 0 saturated carbocycles. The van der Waals surface area contributed by atoms with Crippen LogP contribution in [-0.4, -0.2) is 42.9 Å². The van der Waals surface area contributed by atoms with Crippen LogP contribution in [0.5, 0.6) is 5.75 Å². The van der Waals surface area contributed by atoms with Gasteiger partial charge >= 0.3 is 0 Å². The maximum atomic E-state index is 13.2. The first-order chi connectivity index (χ1) is 15.4. The van der Waals surface area contributed by atoms with Gasteiger partial charge in [0.25, 0.3) is 0 Å². The summed E-state index contributed by atoms with van der Waals surface area (Å²) in [6.07, 6.45) is 3.25. The fourth-order valence-corrected chi connectivity index (χ4v) is 5.71. The maximum absolute atomic E-state index is 13.2. The summed E-state index contributed by atoms with van der Waals surface area (Å²) in [7, 11) is -1.73. The molecule has 1 amide bonds. The second-order valence-electron chi connectivity index (χ2n) is 8.14.